The van der Waals surface area contributed by atoms with Crippen LogP contribution in [0.2, 0.25) is 0 Å². The Hall–Kier alpha value is -0.990. The first-order chi connectivity index (χ1) is 7.71. The highest BCUT2D eigenvalue weighted by atomic mass is 16.4. The third-order valence-corrected chi connectivity index (χ3v) is 3.79. The average molecular weight is 239 g/mol. The van der Waals surface area contributed by atoms with E-state index in [-0.39, 0.29) is 11.0 Å². The van der Waals surface area contributed by atoms with E-state index < -0.39 is 6.09 Å². The zero-order valence-corrected chi connectivity index (χ0v) is 11.7. The van der Waals surface area contributed by atoms with E-state index >= 15 is 0 Å². The first kappa shape index (κ1) is 14.1. The van der Waals surface area contributed by atoms with E-state index in [1.54, 1.807) is 6.20 Å². The van der Waals surface area contributed by atoms with Crippen molar-refractivity contribution in [2.24, 2.45) is 11.3 Å². The van der Waals surface area contributed by atoms with Crippen LogP contribution in [0.15, 0.2) is 12.3 Å². The van der Waals surface area contributed by atoms with E-state index in [0.717, 1.165) is 19.3 Å². The van der Waals surface area contributed by atoms with E-state index in [4.69, 9.17) is 0 Å². The molecule has 0 aromatic heterocycles. The van der Waals surface area contributed by atoms with Gasteiger partial charge in [-0.2, -0.15) is 0 Å². The lowest BCUT2D eigenvalue weighted by atomic mass is 9.65. The van der Waals surface area contributed by atoms with Crippen molar-refractivity contribution in [3.8, 4) is 0 Å². The lowest BCUT2D eigenvalue weighted by Crippen LogP contribution is -2.58. The summed E-state index contributed by atoms with van der Waals surface area (Å²) in [6.45, 7) is 10.7. The molecule has 1 heterocycles. The molecule has 1 aliphatic heterocycles. The van der Waals surface area contributed by atoms with Crippen molar-refractivity contribution >= 4 is 6.09 Å². The van der Waals surface area contributed by atoms with Crippen molar-refractivity contribution in [2.45, 2.75) is 59.4 Å². The molecule has 17 heavy (non-hydrogen) atoms. The lowest BCUT2D eigenvalue weighted by Gasteiger charge is -2.52. The summed E-state index contributed by atoms with van der Waals surface area (Å²) in [4.78, 5) is 13.0. The first-order valence-electron chi connectivity index (χ1n) is 6.39. The van der Waals surface area contributed by atoms with Crippen molar-refractivity contribution in [3.63, 3.8) is 0 Å². The number of carbonyl (C=O) groups is 1. The quantitative estimate of drug-likeness (QED) is 0.788. The van der Waals surface area contributed by atoms with Crippen LogP contribution in [0.1, 0.15) is 53.9 Å². The first-order valence-corrected chi connectivity index (χ1v) is 6.39. The second kappa shape index (κ2) is 4.71. The van der Waals surface area contributed by atoms with E-state index in [1.807, 2.05) is 6.08 Å². The molecule has 1 aliphatic rings. The minimum absolute atomic E-state index is 0.0551. The zero-order chi connectivity index (χ0) is 13.3. The number of hydrogen-bond donors (Lipinski definition) is 1. The van der Waals surface area contributed by atoms with Crippen molar-refractivity contribution in [1.29, 1.82) is 0 Å². The molecule has 1 rings (SSSR count). The number of carboxylic acid groups (broad SMARTS) is 1. The summed E-state index contributed by atoms with van der Waals surface area (Å²) in [7, 11) is 0. The largest absolute Gasteiger partial charge is 0.465 e. The van der Waals surface area contributed by atoms with E-state index in [0.29, 0.717) is 5.92 Å². The average Bonchev–Trinajstić information content (AvgIpc) is 2.15. The van der Waals surface area contributed by atoms with Crippen LogP contribution in [0, 0.1) is 11.3 Å². The smallest absolute Gasteiger partial charge is 0.411 e. The van der Waals surface area contributed by atoms with Gasteiger partial charge in [0.1, 0.15) is 0 Å². The third kappa shape index (κ3) is 2.64. The molecule has 1 atom stereocenters. The molecule has 0 aliphatic carbocycles. The molecular weight excluding hydrogens is 214 g/mol. The summed E-state index contributed by atoms with van der Waals surface area (Å²) in [5.41, 5.74) is -0.331. The molecule has 0 aromatic rings. The summed E-state index contributed by atoms with van der Waals surface area (Å²) in [5, 5.41) is 9.42. The molecule has 1 unspecified atom stereocenters. The van der Waals surface area contributed by atoms with Crippen molar-refractivity contribution in [1.82, 2.24) is 4.90 Å². The van der Waals surface area contributed by atoms with Gasteiger partial charge in [0.2, 0.25) is 0 Å². The number of nitrogens with zero attached hydrogens (tertiary/aromatic N) is 1. The Morgan fingerprint density at radius 1 is 1.47 bits per heavy atom. The fourth-order valence-electron chi connectivity index (χ4n) is 2.93. The second-order valence-electron chi connectivity index (χ2n) is 6.46. The Morgan fingerprint density at radius 2 is 2.06 bits per heavy atom. The van der Waals surface area contributed by atoms with Crippen LogP contribution in [0.25, 0.3) is 0 Å². The highest BCUT2D eigenvalue weighted by Gasteiger charge is 2.48. The standard InChI is InChI=1S/C14H25NO2/c1-11(2)10-14(13(3,4)5)8-6-7-9-15(14)12(16)17/h7,9,11H,6,8,10H2,1-5H3,(H,16,17). The highest BCUT2D eigenvalue weighted by Crippen LogP contribution is 2.46. The topological polar surface area (TPSA) is 40.5 Å². The number of allylic oxidation sites excluding steroid dienone is 1. The summed E-state index contributed by atoms with van der Waals surface area (Å²) >= 11 is 0. The fraction of sp³-hybridized carbons (Fsp3) is 0.786. The summed E-state index contributed by atoms with van der Waals surface area (Å²) in [5.74, 6) is 0.488. The molecule has 0 aromatic carbocycles. The molecule has 0 bridgehead atoms. The van der Waals surface area contributed by atoms with Crippen LogP contribution in [-0.4, -0.2) is 21.6 Å². The fourth-order valence-corrected chi connectivity index (χ4v) is 2.93. The molecule has 0 saturated heterocycles. The van der Waals surface area contributed by atoms with Crippen molar-refractivity contribution in [2.75, 3.05) is 0 Å². The molecule has 98 valence electrons. The Kier molecular flexibility index (Phi) is 3.90. The molecule has 3 heteroatoms. The molecule has 0 radical (unpaired) electrons. The van der Waals surface area contributed by atoms with Gasteiger partial charge in [-0.05, 0) is 30.6 Å². The maximum absolute atomic E-state index is 11.5. The van der Waals surface area contributed by atoms with Crippen molar-refractivity contribution in [3.05, 3.63) is 12.3 Å². The Labute approximate surface area is 105 Å². The Balaban J connectivity index is 3.20. The highest BCUT2D eigenvalue weighted by molar-refractivity contribution is 5.68. The van der Waals surface area contributed by atoms with Crippen LogP contribution >= 0.6 is 0 Å². The maximum atomic E-state index is 11.5. The Morgan fingerprint density at radius 3 is 2.47 bits per heavy atom. The number of hydrogen-bond acceptors (Lipinski definition) is 1. The summed E-state index contributed by atoms with van der Waals surface area (Å²) < 4.78 is 0. The van der Waals surface area contributed by atoms with Gasteiger partial charge < -0.3 is 5.11 Å². The van der Waals surface area contributed by atoms with Crippen LogP contribution in [0.4, 0.5) is 4.79 Å². The van der Waals surface area contributed by atoms with Gasteiger partial charge in [-0.25, -0.2) is 4.79 Å². The monoisotopic (exact) mass is 239 g/mol. The van der Waals surface area contributed by atoms with E-state index in [2.05, 4.69) is 34.6 Å². The molecule has 1 N–H and O–H groups in total. The van der Waals surface area contributed by atoms with Gasteiger partial charge in [0.25, 0.3) is 0 Å². The summed E-state index contributed by atoms with van der Waals surface area (Å²) in [6, 6.07) is 0. The molecule has 1 amide bonds. The van der Waals surface area contributed by atoms with Gasteiger partial charge in [-0.15, -0.1) is 0 Å². The van der Waals surface area contributed by atoms with Crippen LogP contribution in [0.3, 0.4) is 0 Å². The SMILES string of the molecule is CC(C)CC1(C(C)(C)C)CCC=CN1C(=O)O. The van der Waals surface area contributed by atoms with Crippen LogP contribution in [0.5, 0.6) is 0 Å². The van der Waals surface area contributed by atoms with Gasteiger partial charge in [-0.3, -0.25) is 4.90 Å². The number of amides is 1. The van der Waals surface area contributed by atoms with Crippen LogP contribution < -0.4 is 0 Å². The van der Waals surface area contributed by atoms with Gasteiger partial charge in [0, 0.05) is 6.20 Å². The third-order valence-electron chi connectivity index (χ3n) is 3.79. The molecular formula is C14H25NO2. The zero-order valence-electron chi connectivity index (χ0n) is 11.7. The molecule has 0 spiro atoms. The van der Waals surface area contributed by atoms with Gasteiger partial charge >= 0.3 is 6.09 Å². The van der Waals surface area contributed by atoms with E-state index in [9.17, 15) is 9.90 Å². The minimum Gasteiger partial charge on any atom is -0.465 e. The predicted octanol–water partition coefficient (Wildman–Crippen LogP) is 4.10. The van der Waals surface area contributed by atoms with Gasteiger partial charge in [0.15, 0.2) is 0 Å². The lowest BCUT2D eigenvalue weighted by molar-refractivity contribution is 0.00266. The van der Waals surface area contributed by atoms with Crippen LogP contribution in [-0.2, 0) is 0 Å². The molecule has 0 fully saturated rings. The number of rotatable bonds is 2. The second-order valence-corrected chi connectivity index (χ2v) is 6.46. The van der Waals surface area contributed by atoms with E-state index in [1.165, 1.54) is 4.90 Å². The molecule has 0 saturated carbocycles. The normalized spacial score (nSPS) is 25.4. The van der Waals surface area contributed by atoms with Gasteiger partial charge in [0.05, 0.1) is 5.54 Å². The predicted molar refractivity (Wildman–Crippen MR) is 69.9 cm³/mol. The van der Waals surface area contributed by atoms with Crippen molar-refractivity contribution < 1.29 is 9.90 Å². The maximum Gasteiger partial charge on any atom is 0.411 e. The summed E-state index contributed by atoms with van der Waals surface area (Å²) in [6.07, 6.45) is 5.66. The Bertz CT molecular complexity index is 315. The molecule has 3 nitrogen and oxygen atoms in total. The minimum atomic E-state index is -0.837. The van der Waals surface area contributed by atoms with Gasteiger partial charge in [-0.1, -0.05) is 40.7 Å².